The second-order valence-corrected chi connectivity index (χ2v) is 16.5. The van der Waals surface area contributed by atoms with Crippen LogP contribution in [0.25, 0.3) is 132 Å². The molecule has 0 bridgehead atoms. The normalized spacial score (nSPS) is 12.2. The van der Waals surface area contributed by atoms with Crippen LogP contribution < -0.4 is 0 Å². The highest BCUT2D eigenvalue weighted by molar-refractivity contribution is 6.29. The van der Waals surface area contributed by atoms with Crippen LogP contribution in [0.4, 0.5) is 0 Å². The van der Waals surface area contributed by atoms with Crippen LogP contribution in [0.2, 0.25) is 0 Å². The molecule has 1 aliphatic rings. The van der Waals surface area contributed by atoms with Crippen LogP contribution in [0.5, 0.6) is 0 Å². The lowest BCUT2D eigenvalue weighted by Crippen LogP contribution is -2.04. The van der Waals surface area contributed by atoms with Crippen molar-refractivity contribution in [3.63, 3.8) is 0 Å². The van der Waals surface area contributed by atoms with Crippen molar-refractivity contribution in [1.29, 1.82) is 0 Å². The van der Waals surface area contributed by atoms with E-state index < -0.39 is 0 Å². The average molecular weight is 787 g/mol. The summed E-state index contributed by atoms with van der Waals surface area (Å²) in [6, 6.07) is 74.8. The molecule has 0 fully saturated rings. The zero-order valence-electron chi connectivity index (χ0n) is 33.4. The van der Waals surface area contributed by atoms with Crippen molar-refractivity contribution in [2.75, 3.05) is 0 Å². The van der Waals surface area contributed by atoms with E-state index in [9.17, 15) is 0 Å². The minimum Gasteiger partial charge on any atom is -0.309 e. The summed E-state index contributed by atoms with van der Waals surface area (Å²) in [4.78, 5) is 11.0. The van der Waals surface area contributed by atoms with Gasteiger partial charge in [0, 0.05) is 38.2 Å². The lowest BCUT2D eigenvalue weighted by Gasteiger charge is -2.14. The van der Waals surface area contributed by atoms with Gasteiger partial charge in [-0.1, -0.05) is 152 Å². The molecule has 0 saturated carbocycles. The molecule has 0 unspecified atom stereocenters. The molecule has 286 valence electrons. The van der Waals surface area contributed by atoms with E-state index in [1.54, 1.807) is 0 Å². The molecule has 0 amide bonds. The van der Waals surface area contributed by atoms with Gasteiger partial charge < -0.3 is 4.57 Å². The van der Waals surface area contributed by atoms with E-state index in [-0.39, 0.29) is 0 Å². The molecular weight excluding hydrogens is 753 g/mol. The first-order valence-electron chi connectivity index (χ1n) is 21.2. The Bertz CT molecular complexity index is 4030. The van der Waals surface area contributed by atoms with Crippen LogP contribution in [0.3, 0.4) is 0 Å². The number of hydrogen-bond acceptors (Lipinski definition) is 2. The van der Waals surface area contributed by atoms with Crippen LogP contribution in [-0.4, -0.2) is 19.1 Å². The Morgan fingerprint density at radius 2 is 0.935 bits per heavy atom. The molecule has 13 aromatic rings. The van der Waals surface area contributed by atoms with Gasteiger partial charge in [-0.25, -0.2) is 9.97 Å². The number of benzene rings is 10. The van der Waals surface area contributed by atoms with Gasteiger partial charge >= 0.3 is 0 Å². The molecule has 0 N–H and O–H groups in total. The van der Waals surface area contributed by atoms with Gasteiger partial charge in [0.05, 0.1) is 33.3 Å². The third-order valence-corrected chi connectivity index (χ3v) is 13.2. The molecule has 4 nitrogen and oxygen atoms in total. The quantitative estimate of drug-likeness (QED) is 0.167. The van der Waals surface area contributed by atoms with Gasteiger partial charge in [-0.2, -0.15) is 0 Å². The third-order valence-electron chi connectivity index (χ3n) is 13.2. The molecule has 1 aliphatic carbocycles. The van der Waals surface area contributed by atoms with Crippen molar-refractivity contribution in [3.8, 4) is 56.3 Å². The Hall–Kier alpha value is -8.34. The molecule has 0 aliphatic heterocycles. The summed E-state index contributed by atoms with van der Waals surface area (Å²) in [6.45, 7) is 0. The predicted molar refractivity (Wildman–Crippen MR) is 259 cm³/mol. The Labute approximate surface area is 356 Å². The number of aromatic nitrogens is 4. The highest BCUT2D eigenvalue weighted by Gasteiger charge is 2.27. The fourth-order valence-corrected chi connectivity index (χ4v) is 10.6. The molecule has 0 spiro atoms. The maximum Gasteiger partial charge on any atom is 0.235 e. The van der Waals surface area contributed by atoms with Crippen LogP contribution in [0.1, 0.15) is 0 Å². The summed E-state index contributed by atoms with van der Waals surface area (Å²) in [5.74, 6) is 0.656. The molecule has 0 radical (unpaired) electrons. The smallest absolute Gasteiger partial charge is 0.235 e. The van der Waals surface area contributed by atoms with Gasteiger partial charge in [-0.3, -0.25) is 4.57 Å². The first kappa shape index (κ1) is 33.5. The second kappa shape index (κ2) is 12.6. The standard InChI is InChI=1S/C58H34N4/c1-3-15-36(16-4-1)57-56-40-19-8-7-14-35(40)26-29-49(56)59-58(60-57)62-52-31-28-38(37-27-30-51-46(32-37)43-22-11-12-25-50(43)61(51)39-17-5-2-6-18-39)33-48(52)55-45-24-13-23-44-41-20-9-10-21-42(41)47(54(44)45)34-53(55)62/h1-34H. The van der Waals surface area contributed by atoms with Gasteiger partial charge in [0.25, 0.3) is 0 Å². The minimum absolute atomic E-state index is 0.656. The highest BCUT2D eigenvalue weighted by Crippen LogP contribution is 2.51. The molecule has 62 heavy (non-hydrogen) atoms. The Morgan fingerprint density at radius 3 is 1.76 bits per heavy atom. The highest BCUT2D eigenvalue weighted by atomic mass is 15.2. The van der Waals surface area contributed by atoms with Crippen molar-refractivity contribution in [1.82, 2.24) is 19.1 Å². The van der Waals surface area contributed by atoms with Gasteiger partial charge in [0.1, 0.15) is 0 Å². The average Bonchev–Trinajstić information content (AvgIpc) is 3.97. The van der Waals surface area contributed by atoms with Crippen molar-refractivity contribution >= 4 is 76.1 Å². The van der Waals surface area contributed by atoms with Crippen LogP contribution in [-0.2, 0) is 0 Å². The van der Waals surface area contributed by atoms with Gasteiger partial charge in [0.2, 0.25) is 5.95 Å². The van der Waals surface area contributed by atoms with Gasteiger partial charge in [-0.05, 0) is 110 Å². The number of para-hydroxylation sites is 2. The lowest BCUT2D eigenvalue weighted by molar-refractivity contribution is 1.01. The fourth-order valence-electron chi connectivity index (χ4n) is 10.6. The summed E-state index contributed by atoms with van der Waals surface area (Å²) in [5, 5.41) is 10.8. The first-order chi connectivity index (χ1) is 30.8. The largest absolute Gasteiger partial charge is 0.309 e. The second-order valence-electron chi connectivity index (χ2n) is 16.5. The third kappa shape index (κ3) is 4.61. The molecule has 14 rings (SSSR count). The molecule has 3 heterocycles. The van der Waals surface area contributed by atoms with Crippen LogP contribution in [0, 0.1) is 0 Å². The zero-order valence-corrected chi connectivity index (χ0v) is 33.4. The van der Waals surface area contributed by atoms with E-state index in [1.165, 1.54) is 76.6 Å². The van der Waals surface area contributed by atoms with Gasteiger partial charge in [-0.15, -0.1) is 0 Å². The molecular formula is C58H34N4. The van der Waals surface area contributed by atoms with E-state index in [0.717, 1.165) is 49.8 Å². The maximum absolute atomic E-state index is 5.58. The Morgan fingerprint density at radius 1 is 0.306 bits per heavy atom. The van der Waals surface area contributed by atoms with Crippen molar-refractivity contribution < 1.29 is 0 Å². The van der Waals surface area contributed by atoms with Crippen molar-refractivity contribution in [2.45, 2.75) is 0 Å². The maximum atomic E-state index is 5.58. The molecule has 0 saturated heterocycles. The topological polar surface area (TPSA) is 35.6 Å². The van der Waals surface area contributed by atoms with E-state index in [1.807, 2.05) is 0 Å². The summed E-state index contributed by atoms with van der Waals surface area (Å²) in [6.07, 6.45) is 0. The van der Waals surface area contributed by atoms with E-state index in [2.05, 4.69) is 215 Å². The zero-order chi connectivity index (χ0) is 40.5. The van der Waals surface area contributed by atoms with Crippen LogP contribution in [0.15, 0.2) is 206 Å². The number of rotatable bonds is 4. The first-order valence-corrected chi connectivity index (χ1v) is 21.2. The van der Waals surface area contributed by atoms with E-state index in [0.29, 0.717) is 5.95 Å². The summed E-state index contributed by atoms with van der Waals surface area (Å²) in [7, 11) is 0. The molecule has 3 aromatic heterocycles. The Kier molecular flexibility index (Phi) is 6.80. The van der Waals surface area contributed by atoms with Crippen molar-refractivity contribution in [2.24, 2.45) is 0 Å². The molecule has 4 heteroatoms. The SMILES string of the molecule is c1ccc(-c2nc(-n3c4ccc(-c5ccc6c(c5)c5ccccc5n6-c5ccccc5)cc4c4c5cccc6c5c(cc43)-c3ccccc3-6)nc3ccc4ccccc4c23)cc1. The number of hydrogen-bond donors (Lipinski definition) is 0. The van der Waals surface area contributed by atoms with Gasteiger partial charge in [0.15, 0.2) is 0 Å². The summed E-state index contributed by atoms with van der Waals surface area (Å²) >= 11 is 0. The Balaban J connectivity index is 1.07. The van der Waals surface area contributed by atoms with E-state index >= 15 is 0 Å². The number of fused-ring (bicyclic) bond motifs is 13. The molecule has 0 atom stereocenters. The van der Waals surface area contributed by atoms with E-state index in [4.69, 9.17) is 9.97 Å². The van der Waals surface area contributed by atoms with Crippen molar-refractivity contribution in [3.05, 3.63) is 206 Å². The molecule has 10 aromatic carbocycles. The lowest BCUT2D eigenvalue weighted by atomic mass is 9.96. The number of nitrogens with zero attached hydrogens (tertiary/aromatic N) is 4. The van der Waals surface area contributed by atoms with Crippen LogP contribution >= 0.6 is 0 Å². The monoisotopic (exact) mass is 786 g/mol. The minimum atomic E-state index is 0.656. The fraction of sp³-hybridized carbons (Fsp3) is 0. The summed E-state index contributed by atoms with van der Waals surface area (Å²) in [5.41, 5.74) is 16.0. The predicted octanol–water partition coefficient (Wildman–Crippen LogP) is 15.1. The summed E-state index contributed by atoms with van der Waals surface area (Å²) < 4.78 is 4.69.